The number of aryl methyl sites for hydroxylation is 4. The Kier molecular flexibility index (Phi) is 3.91. The molecule has 1 aliphatic heterocycles. The standard InChI is InChI=1S/C20H25N3O/c1-14-11-15(2)23(21-14)19-7-4-10-22(13-19)20(24)18-9-8-16-5-3-6-17(16)12-18/h8-9,11-12,19H,3-7,10,13H2,1-2H3. The van der Waals surface area contributed by atoms with Crippen LogP contribution in [0.25, 0.3) is 0 Å². The van der Waals surface area contributed by atoms with Crippen molar-refractivity contribution in [2.24, 2.45) is 0 Å². The van der Waals surface area contributed by atoms with Gasteiger partial charge in [0.1, 0.15) is 0 Å². The molecule has 0 N–H and O–H groups in total. The molecule has 4 nitrogen and oxygen atoms in total. The van der Waals surface area contributed by atoms with Gasteiger partial charge in [0.2, 0.25) is 0 Å². The smallest absolute Gasteiger partial charge is 0.253 e. The number of likely N-dealkylation sites (tertiary alicyclic amines) is 1. The number of carbonyl (C=O) groups excluding carboxylic acids is 1. The van der Waals surface area contributed by atoms with E-state index in [4.69, 9.17) is 0 Å². The van der Waals surface area contributed by atoms with Crippen LogP contribution in [0.3, 0.4) is 0 Å². The molecule has 2 heterocycles. The Morgan fingerprint density at radius 2 is 1.96 bits per heavy atom. The van der Waals surface area contributed by atoms with Gasteiger partial charge in [-0.3, -0.25) is 9.48 Å². The summed E-state index contributed by atoms with van der Waals surface area (Å²) < 4.78 is 2.11. The second-order valence-corrected chi connectivity index (χ2v) is 7.26. The van der Waals surface area contributed by atoms with Crippen molar-refractivity contribution in [3.8, 4) is 0 Å². The average molecular weight is 323 g/mol. The van der Waals surface area contributed by atoms with Crippen molar-refractivity contribution in [2.45, 2.75) is 52.0 Å². The van der Waals surface area contributed by atoms with E-state index in [0.717, 1.165) is 50.0 Å². The van der Waals surface area contributed by atoms with E-state index >= 15 is 0 Å². The SMILES string of the molecule is Cc1cc(C)n(C2CCCN(C(=O)c3ccc4c(c3)CCC4)C2)n1. The van der Waals surface area contributed by atoms with E-state index in [-0.39, 0.29) is 5.91 Å². The summed E-state index contributed by atoms with van der Waals surface area (Å²) in [6, 6.07) is 8.70. The molecule has 0 radical (unpaired) electrons. The Bertz CT molecular complexity index is 777. The largest absolute Gasteiger partial charge is 0.337 e. The van der Waals surface area contributed by atoms with Gasteiger partial charge in [-0.2, -0.15) is 5.10 Å². The van der Waals surface area contributed by atoms with Gasteiger partial charge in [-0.05, 0) is 75.3 Å². The van der Waals surface area contributed by atoms with Gasteiger partial charge < -0.3 is 4.90 Å². The van der Waals surface area contributed by atoms with Crippen molar-refractivity contribution < 1.29 is 4.79 Å². The molecule has 126 valence electrons. The molecule has 1 amide bonds. The summed E-state index contributed by atoms with van der Waals surface area (Å²) >= 11 is 0. The zero-order valence-corrected chi connectivity index (χ0v) is 14.6. The van der Waals surface area contributed by atoms with Crippen LogP contribution in [-0.4, -0.2) is 33.7 Å². The van der Waals surface area contributed by atoms with E-state index in [1.807, 2.05) is 17.9 Å². The Morgan fingerprint density at radius 1 is 1.12 bits per heavy atom. The topological polar surface area (TPSA) is 38.1 Å². The van der Waals surface area contributed by atoms with Crippen LogP contribution in [0, 0.1) is 13.8 Å². The lowest BCUT2D eigenvalue weighted by Crippen LogP contribution is -2.41. The molecule has 2 aliphatic rings. The number of carbonyl (C=O) groups is 1. The zero-order chi connectivity index (χ0) is 16.7. The first-order chi connectivity index (χ1) is 11.6. The van der Waals surface area contributed by atoms with Gasteiger partial charge in [0.05, 0.1) is 11.7 Å². The molecular formula is C20H25N3O. The third-order valence-corrected chi connectivity index (χ3v) is 5.42. The second kappa shape index (κ2) is 6.08. The highest BCUT2D eigenvalue weighted by atomic mass is 16.2. The van der Waals surface area contributed by atoms with E-state index in [2.05, 4.69) is 34.9 Å². The number of nitrogens with zero attached hydrogens (tertiary/aromatic N) is 3. The summed E-state index contributed by atoms with van der Waals surface area (Å²) in [5.41, 5.74) is 5.88. The average Bonchev–Trinajstić information content (AvgIpc) is 3.19. The summed E-state index contributed by atoms with van der Waals surface area (Å²) in [6.45, 7) is 5.74. The molecular weight excluding hydrogens is 298 g/mol. The first-order valence-electron chi connectivity index (χ1n) is 9.05. The third kappa shape index (κ3) is 2.74. The highest BCUT2D eigenvalue weighted by Gasteiger charge is 2.27. The maximum Gasteiger partial charge on any atom is 0.253 e. The van der Waals surface area contributed by atoms with Gasteiger partial charge in [-0.25, -0.2) is 0 Å². The lowest BCUT2D eigenvalue weighted by Gasteiger charge is -2.33. The van der Waals surface area contributed by atoms with Gasteiger partial charge in [-0.1, -0.05) is 6.07 Å². The lowest BCUT2D eigenvalue weighted by atomic mass is 10.0. The fourth-order valence-corrected chi connectivity index (χ4v) is 4.24. The molecule has 2 aromatic rings. The summed E-state index contributed by atoms with van der Waals surface area (Å²) in [5.74, 6) is 0.177. The molecule has 4 heteroatoms. The van der Waals surface area contributed by atoms with Crippen LogP contribution in [0.5, 0.6) is 0 Å². The molecule has 0 spiro atoms. The van der Waals surface area contributed by atoms with Crippen LogP contribution in [0.4, 0.5) is 0 Å². The van der Waals surface area contributed by atoms with Crippen molar-refractivity contribution in [3.63, 3.8) is 0 Å². The van der Waals surface area contributed by atoms with E-state index in [1.165, 1.54) is 23.2 Å². The predicted molar refractivity (Wildman–Crippen MR) is 94.3 cm³/mol. The maximum absolute atomic E-state index is 13.0. The van der Waals surface area contributed by atoms with Gasteiger partial charge in [0, 0.05) is 24.3 Å². The summed E-state index contributed by atoms with van der Waals surface area (Å²) in [7, 11) is 0. The Morgan fingerprint density at radius 3 is 2.75 bits per heavy atom. The van der Waals surface area contributed by atoms with Crippen LogP contribution >= 0.6 is 0 Å². The highest BCUT2D eigenvalue weighted by Crippen LogP contribution is 2.26. The lowest BCUT2D eigenvalue weighted by molar-refractivity contribution is 0.0671. The number of amides is 1. The molecule has 1 aromatic carbocycles. The number of hydrogen-bond acceptors (Lipinski definition) is 2. The molecule has 0 saturated carbocycles. The molecule has 4 rings (SSSR count). The number of fused-ring (bicyclic) bond motifs is 1. The highest BCUT2D eigenvalue weighted by molar-refractivity contribution is 5.94. The molecule has 1 saturated heterocycles. The van der Waals surface area contributed by atoms with E-state index in [9.17, 15) is 4.79 Å². The summed E-state index contributed by atoms with van der Waals surface area (Å²) in [4.78, 5) is 15.0. The Balaban J connectivity index is 1.53. The molecule has 0 bridgehead atoms. The van der Waals surface area contributed by atoms with Gasteiger partial charge in [0.15, 0.2) is 0 Å². The first kappa shape index (κ1) is 15.4. The van der Waals surface area contributed by atoms with Crippen molar-refractivity contribution >= 4 is 5.91 Å². The first-order valence-corrected chi connectivity index (χ1v) is 9.05. The molecule has 1 atom stereocenters. The van der Waals surface area contributed by atoms with Crippen LogP contribution in [0.15, 0.2) is 24.3 Å². The minimum Gasteiger partial charge on any atom is -0.337 e. The van der Waals surface area contributed by atoms with Crippen molar-refractivity contribution in [1.29, 1.82) is 0 Å². The van der Waals surface area contributed by atoms with E-state index in [0.29, 0.717) is 6.04 Å². The van der Waals surface area contributed by atoms with Crippen molar-refractivity contribution in [2.75, 3.05) is 13.1 Å². The number of aromatic nitrogens is 2. The normalized spacial score (nSPS) is 20.2. The Labute approximate surface area is 143 Å². The fourth-order valence-electron chi connectivity index (χ4n) is 4.24. The van der Waals surface area contributed by atoms with E-state index < -0.39 is 0 Å². The predicted octanol–water partition coefficient (Wildman–Crippen LogP) is 3.47. The number of piperidine rings is 1. The minimum atomic E-state index is 0.177. The molecule has 1 fully saturated rings. The van der Waals surface area contributed by atoms with Gasteiger partial charge in [0.25, 0.3) is 5.91 Å². The molecule has 1 unspecified atom stereocenters. The van der Waals surface area contributed by atoms with Crippen LogP contribution < -0.4 is 0 Å². The second-order valence-electron chi connectivity index (χ2n) is 7.26. The van der Waals surface area contributed by atoms with Gasteiger partial charge in [-0.15, -0.1) is 0 Å². The molecule has 1 aromatic heterocycles. The van der Waals surface area contributed by atoms with Crippen LogP contribution in [0.2, 0.25) is 0 Å². The van der Waals surface area contributed by atoms with Crippen molar-refractivity contribution in [3.05, 3.63) is 52.3 Å². The zero-order valence-electron chi connectivity index (χ0n) is 14.6. The summed E-state index contributed by atoms with van der Waals surface area (Å²) in [5, 5.41) is 4.63. The molecule has 24 heavy (non-hydrogen) atoms. The van der Waals surface area contributed by atoms with Gasteiger partial charge >= 0.3 is 0 Å². The number of benzene rings is 1. The Hall–Kier alpha value is -2.10. The van der Waals surface area contributed by atoms with E-state index in [1.54, 1.807) is 0 Å². The van der Waals surface area contributed by atoms with Crippen LogP contribution in [-0.2, 0) is 12.8 Å². The number of rotatable bonds is 2. The van der Waals surface area contributed by atoms with Crippen LogP contribution in [0.1, 0.15) is 58.2 Å². The van der Waals surface area contributed by atoms with Crippen molar-refractivity contribution in [1.82, 2.24) is 14.7 Å². The third-order valence-electron chi connectivity index (χ3n) is 5.42. The maximum atomic E-state index is 13.0. The monoisotopic (exact) mass is 323 g/mol. The minimum absolute atomic E-state index is 0.177. The molecule has 1 aliphatic carbocycles. The quantitative estimate of drug-likeness (QED) is 0.849. The fraction of sp³-hybridized carbons (Fsp3) is 0.500. The number of hydrogen-bond donors (Lipinski definition) is 0. The summed E-state index contributed by atoms with van der Waals surface area (Å²) in [6.07, 6.45) is 5.63.